The maximum Gasteiger partial charge on any atom is 0.0776 e. The van der Waals surface area contributed by atoms with E-state index in [9.17, 15) is 0 Å². The van der Waals surface area contributed by atoms with E-state index in [0.717, 1.165) is 0 Å². The Labute approximate surface area is 123 Å². The van der Waals surface area contributed by atoms with E-state index < -0.39 is 8.07 Å². The second-order valence-electron chi connectivity index (χ2n) is 6.10. The number of benzene rings is 3. The lowest BCUT2D eigenvalue weighted by Crippen LogP contribution is -2.37. The molecule has 0 unspecified atom stereocenters. The molecule has 0 aliphatic heterocycles. The van der Waals surface area contributed by atoms with Gasteiger partial charge in [-0.1, -0.05) is 67.3 Å². The van der Waals surface area contributed by atoms with Crippen molar-refractivity contribution >= 4 is 50.7 Å². The fraction of sp³-hybridized carbons (Fsp3) is 0.176. The van der Waals surface area contributed by atoms with Crippen molar-refractivity contribution in [2.24, 2.45) is 0 Å². The van der Waals surface area contributed by atoms with Gasteiger partial charge in [-0.25, -0.2) is 0 Å². The highest BCUT2D eigenvalue weighted by molar-refractivity contribution is 9.10. The summed E-state index contributed by atoms with van der Waals surface area (Å²) in [5.41, 5.74) is 0. The van der Waals surface area contributed by atoms with Crippen LogP contribution in [0.4, 0.5) is 0 Å². The Morgan fingerprint density at radius 3 is 2.21 bits per heavy atom. The summed E-state index contributed by atoms with van der Waals surface area (Å²) in [7, 11) is -1.26. The lowest BCUT2D eigenvalue weighted by Gasteiger charge is -2.18. The molecule has 3 aromatic carbocycles. The maximum atomic E-state index is 3.80. The number of hydrogen-bond donors (Lipinski definition) is 0. The van der Waals surface area contributed by atoms with Crippen molar-refractivity contribution in [3.63, 3.8) is 0 Å². The molecule has 19 heavy (non-hydrogen) atoms. The van der Waals surface area contributed by atoms with Gasteiger partial charge in [0.2, 0.25) is 0 Å². The predicted octanol–water partition coefficient (Wildman–Crippen LogP) is 5.30. The molecule has 0 N–H and O–H groups in total. The predicted molar refractivity (Wildman–Crippen MR) is 92.1 cm³/mol. The molecule has 0 aliphatic rings. The minimum absolute atomic E-state index is 1.22. The lowest BCUT2D eigenvalue weighted by atomic mass is 10.0. The molecule has 3 aromatic rings. The van der Waals surface area contributed by atoms with Crippen LogP contribution in [0.3, 0.4) is 0 Å². The fourth-order valence-corrected chi connectivity index (χ4v) is 4.34. The van der Waals surface area contributed by atoms with Crippen molar-refractivity contribution in [1.29, 1.82) is 0 Å². The normalized spacial score (nSPS) is 12.2. The van der Waals surface area contributed by atoms with Gasteiger partial charge in [0, 0.05) is 4.47 Å². The van der Waals surface area contributed by atoms with Crippen molar-refractivity contribution < 1.29 is 0 Å². The van der Waals surface area contributed by atoms with Crippen LogP contribution < -0.4 is 5.19 Å². The van der Waals surface area contributed by atoms with Crippen LogP contribution in [-0.4, -0.2) is 8.07 Å². The summed E-state index contributed by atoms with van der Waals surface area (Å²) in [6.07, 6.45) is 0. The molecular weight excluding hydrogens is 312 g/mol. The van der Waals surface area contributed by atoms with Gasteiger partial charge in [-0.3, -0.25) is 0 Å². The highest BCUT2D eigenvalue weighted by Gasteiger charge is 2.17. The molecule has 0 saturated heterocycles. The molecule has 0 atom stereocenters. The van der Waals surface area contributed by atoms with Crippen LogP contribution in [0.2, 0.25) is 19.6 Å². The summed E-state index contributed by atoms with van der Waals surface area (Å²) in [5.74, 6) is 0. The highest BCUT2D eigenvalue weighted by atomic mass is 79.9. The second-order valence-corrected chi connectivity index (χ2v) is 12.0. The molecular formula is C17H17BrSi. The molecule has 0 amide bonds. The Morgan fingerprint density at radius 2 is 1.47 bits per heavy atom. The van der Waals surface area contributed by atoms with Gasteiger partial charge >= 0.3 is 0 Å². The third kappa shape index (κ3) is 2.24. The third-order valence-corrected chi connectivity index (χ3v) is 6.56. The third-order valence-electron chi connectivity index (χ3n) is 3.66. The summed E-state index contributed by atoms with van der Waals surface area (Å²) in [4.78, 5) is 0. The van der Waals surface area contributed by atoms with Crippen LogP contribution >= 0.6 is 15.9 Å². The monoisotopic (exact) mass is 328 g/mol. The topological polar surface area (TPSA) is 0 Å². The first-order valence-corrected chi connectivity index (χ1v) is 10.9. The molecule has 0 spiro atoms. The van der Waals surface area contributed by atoms with Gasteiger partial charge in [-0.05, 0) is 43.5 Å². The minimum atomic E-state index is -1.26. The highest BCUT2D eigenvalue weighted by Crippen LogP contribution is 2.32. The number of halogens is 1. The first-order valence-electron chi connectivity index (χ1n) is 6.58. The van der Waals surface area contributed by atoms with E-state index in [4.69, 9.17) is 0 Å². The lowest BCUT2D eigenvalue weighted by molar-refractivity contribution is 1.70. The molecule has 0 nitrogen and oxygen atoms in total. The van der Waals surface area contributed by atoms with E-state index in [0.29, 0.717) is 0 Å². The van der Waals surface area contributed by atoms with E-state index in [2.05, 4.69) is 84.1 Å². The fourth-order valence-electron chi connectivity index (χ4n) is 2.47. The molecule has 0 heterocycles. The van der Waals surface area contributed by atoms with Crippen LogP contribution in [0.15, 0.2) is 53.0 Å². The van der Waals surface area contributed by atoms with Crippen molar-refractivity contribution in [3.05, 3.63) is 53.0 Å². The number of hydrogen-bond acceptors (Lipinski definition) is 0. The Balaban J connectivity index is 2.40. The van der Waals surface area contributed by atoms with Gasteiger partial charge in [0.25, 0.3) is 0 Å². The molecule has 0 radical (unpaired) electrons. The molecule has 96 valence electrons. The van der Waals surface area contributed by atoms with Crippen LogP contribution in [0.25, 0.3) is 21.5 Å². The van der Waals surface area contributed by atoms with Gasteiger partial charge in [0.1, 0.15) is 0 Å². The first-order chi connectivity index (χ1) is 8.97. The first kappa shape index (κ1) is 12.9. The molecule has 0 fully saturated rings. The van der Waals surface area contributed by atoms with E-state index in [1.54, 1.807) is 0 Å². The Morgan fingerprint density at radius 1 is 0.789 bits per heavy atom. The molecule has 0 bridgehead atoms. The van der Waals surface area contributed by atoms with E-state index in [1.807, 2.05) is 0 Å². The van der Waals surface area contributed by atoms with Gasteiger partial charge in [0.05, 0.1) is 8.07 Å². The molecule has 0 aromatic heterocycles. The largest absolute Gasteiger partial charge is 0.0776 e. The quantitative estimate of drug-likeness (QED) is 0.420. The van der Waals surface area contributed by atoms with Gasteiger partial charge in [-0.15, -0.1) is 0 Å². The molecule has 0 aliphatic carbocycles. The Bertz CT molecular complexity index is 769. The smallest absolute Gasteiger partial charge is 0.0656 e. The average Bonchev–Trinajstić information content (AvgIpc) is 2.37. The van der Waals surface area contributed by atoms with Gasteiger partial charge in [-0.2, -0.15) is 0 Å². The SMILES string of the molecule is C[Si](C)(C)c1ccc2cc3ccccc3c(Br)c2c1. The summed E-state index contributed by atoms with van der Waals surface area (Å²) in [6.45, 7) is 7.18. The van der Waals surface area contributed by atoms with E-state index in [1.165, 1.54) is 31.2 Å². The summed E-state index contributed by atoms with van der Waals surface area (Å²) < 4.78 is 1.22. The van der Waals surface area contributed by atoms with Gasteiger partial charge in [0.15, 0.2) is 0 Å². The summed E-state index contributed by atoms with van der Waals surface area (Å²) in [5, 5.41) is 6.74. The molecule has 2 heteroatoms. The van der Waals surface area contributed by atoms with Crippen LogP contribution in [-0.2, 0) is 0 Å². The van der Waals surface area contributed by atoms with Crippen LogP contribution in [0, 0.1) is 0 Å². The molecule has 3 rings (SSSR count). The van der Waals surface area contributed by atoms with Crippen LogP contribution in [0.5, 0.6) is 0 Å². The Hall–Kier alpha value is -1.12. The minimum Gasteiger partial charge on any atom is -0.0656 e. The van der Waals surface area contributed by atoms with Crippen LogP contribution in [0.1, 0.15) is 0 Å². The maximum absolute atomic E-state index is 3.80. The zero-order chi connectivity index (χ0) is 13.6. The second kappa shape index (κ2) is 4.46. The summed E-state index contributed by atoms with van der Waals surface area (Å²) in [6, 6.07) is 17.8. The van der Waals surface area contributed by atoms with Crippen molar-refractivity contribution in [1.82, 2.24) is 0 Å². The average molecular weight is 329 g/mol. The number of fused-ring (bicyclic) bond motifs is 2. The standard InChI is InChI=1S/C17H17BrSi/c1-19(2,3)14-9-8-13-10-12-6-4-5-7-15(12)17(18)16(13)11-14/h4-11H,1-3H3. The van der Waals surface area contributed by atoms with Crippen molar-refractivity contribution in [2.75, 3.05) is 0 Å². The zero-order valence-electron chi connectivity index (χ0n) is 11.5. The Kier molecular flexibility index (Phi) is 3.03. The van der Waals surface area contributed by atoms with Gasteiger partial charge < -0.3 is 0 Å². The van der Waals surface area contributed by atoms with E-state index >= 15 is 0 Å². The zero-order valence-corrected chi connectivity index (χ0v) is 14.1. The summed E-state index contributed by atoms with van der Waals surface area (Å²) >= 11 is 3.80. The van der Waals surface area contributed by atoms with Crippen molar-refractivity contribution in [2.45, 2.75) is 19.6 Å². The van der Waals surface area contributed by atoms with Crippen molar-refractivity contribution in [3.8, 4) is 0 Å². The number of rotatable bonds is 1. The van der Waals surface area contributed by atoms with E-state index in [-0.39, 0.29) is 0 Å². The molecule has 0 saturated carbocycles.